The number of aliphatic hydroxyl groups excluding tert-OH is 3. The van der Waals surface area contributed by atoms with Gasteiger partial charge in [-0.3, -0.25) is 34.1 Å². The Morgan fingerprint density at radius 3 is 2.18 bits per heavy atom. The molecular formula is C45H70N6O14. The van der Waals surface area contributed by atoms with Crippen LogP contribution in [0, 0.1) is 0 Å². The minimum atomic E-state index is -1.38. The van der Waals surface area contributed by atoms with Gasteiger partial charge in [0.15, 0.2) is 12.1 Å². The molecule has 0 unspecified atom stereocenters. The van der Waals surface area contributed by atoms with Crippen LogP contribution in [0.15, 0.2) is 48.5 Å². The summed E-state index contributed by atoms with van der Waals surface area (Å²) in [6.45, 7) is 3.63. The maximum Gasteiger partial charge on any atom is 0.251 e. The summed E-state index contributed by atoms with van der Waals surface area (Å²) in [6, 6.07) is 13.7. The molecule has 0 saturated carbocycles. The molecule has 5 amide bonds. The Morgan fingerprint density at radius 1 is 0.723 bits per heavy atom. The van der Waals surface area contributed by atoms with Crippen molar-refractivity contribution in [3.63, 3.8) is 0 Å². The van der Waals surface area contributed by atoms with Crippen LogP contribution in [0.5, 0.6) is 5.75 Å². The van der Waals surface area contributed by atoms with Crippen molar-refractivity contribution >= 4 is 35.3 Å². The zero-order valence-electron chi connectivity index (χ0n) is 37.4. The minimum absolute atomic E-state index is 0. The Morgan fingerprint density at radius 2 is 1.43 bits per heavy atom. The average molecular weight is 919 g/mol. The molecule has 0 aliphatic carbocycles. The molecule has 0 spiro atoms. The van der Waals surface area contributed by atoms with E-state index in [4.69, 9.17) is 29.4 Å². The van der Waals surface area contributed by atoms with Gasteiger partial charge in [-0.15, -0.1) is 0 Å². The number of aliphatic hydroxyl groups is 3. The van der Waals surface area contributed by atoms with Crippen LogP contribution in [-0.2, 0) is 42.9 Å². The molecule has 20 nitrogen and oxygen atoms in total. The predicted molar refractivity (Wildman–Crippen MR) is 239 cm³/mol. The van der Waals surface area contributed by atoms with Crippen molar-refractivity contribution in [3.8, 4) is 16.9 Å². The fourth-order valence-electron chi connectivity index (χ4n) is 6.45. The van der Waals surface area contributed by atoms with Crippen molar-refractivity contribution in [2.75, 3.05) is 72.9 Å². The van der Waals surface area contributed by atoms with E-state index in [9.17, 15) is 44.1 Å². The number of nitrogens with one attached hydrogen (secondary N) is 5. The number of ketones is 1. The number of likely N-dealkylation sites (N-methyl/N-ethyl adjacent to an activating group) is 1. The van der Waals surface area contributed by atoms with Crippen LogP contribution in [0.1, 0.15) is 76.5 Å². The molecule has 2 aromatic rings. The number of Topliss-reactive ketones (excluding diaryl/α,β-unsaturated/α-hetero) is 1. The van der Waals surface area contributed by atoms with E-state index in [2.05, 4.69) is 26.6 Å². The monoisotopic (exact) mass is 918 g/mol. The van der Waals surface area contributed by atoms with Crippen LogP contribution in [0.3, 0.4) is 0 Å². The molecule has 0 radical (unpaired) electrons. The molecule has 6 atom stereocenters. The van der Waals surface area contributed by atoms with E-state index in [1.54, 1.807) is 44.3 Å². The molecule has 0 aromatic heterocycles. The van der Waals surface area contributed by atoms with Crippen LogP contribution in [0.4, 0.5) is 0 Å². The van der Waals surface area contributed by atoms with Crippen molar-refractivity contribution in [2.45, 2.75) is 101 Å². The Balaban J connectivity index is 0.0000150. The second kappa shape index (κ2) is 31.1. The quantitative estimate of drug-likeness (QED) is 0.0440. The van der Waals surface area contributed by atoms with Crippen LogP contribution in [-0.4, -0.2) is 160 Å². The summed E-state index contributed by atoms with van der Waals surface area (Å²) in [6.07, 6.45) is -2.36. The summed E-state index contributed by atoms with van der Waals surface area (Å²) in [4.78, 5) is 74.0. The number of imide groups is 1. The molecule has 20 heteroatoms. The number of benzene rings is 2. The van der Waals surface area contributed by atoms with Crippen molar-refractivity contribution in [2.24, 2.45) is 5.73 Å². The molecule has 1 aliphatic heterocycles. The molecule has 10 N–H and O–H groups in total. The SMILES string of the molecule is CN[C@@H](CCCCN)C(=O)NC(=O)CCCC(=O)NCCNC(=O)c1cccc(-c2ccc(OCC(=O)CCCOCCC(=O)NCCOCCO[C@@H]3O[C@@H](C)[C@H](O)[C@@H](O)[C@H]3O)cc2)c1.[HH]. The van der Waals surface area contributed by atoms with Gasteiger partial charge in [0.25, 0.3) is 5.91 Å². The normalized spacial score (nSPS) is 18.6. The highest BCUT2D eigenvalue weighted by atomic mass is 16.7. The van der Waals surface area contributed by atoms with E-state index in [0.29, 0.717) is 37.3 Å². The third-order valence-corrected chi connectivity index (χ3v) is 10.2. The van der Waals surface area contributed by atoms with Gasteiger partial charge < -0.3 is 66.0 Å². The summed E-state index contributed by atoms with van der Waals surface area (Å²) < 4.78 is 27.3. The van der Waals surface area contributed by atoms with Gasteiger partial charge in [0.2, 0.25) is 23.6 Å². The molecule has 364 valence electrons. The Hall–Kier alpha value is -4.90. The number of ether oxygens (including phenoxy) is 5. The van der Waals surface area contributed by atoms with E-state index in [1.165, 1.54) is 0 Å². The number of nitrogens with two attached hydrogens (primary N) is 1. The number of carbonyl (C=O) groups excluding carboxylic acids is 6. The lowest BCUT2D eigenvalue weighted by molar-refractivity contribution is -0.294. The van der Waals surface area contributed by atoms with Gasteiger partial charge in [0.1, 0.15) is 30.7 Å². The first-order valence-corrected chi connectivity index (χ1v) is 22.2. The highest BCUT2D eigenvalue weighted by Crippen LogP contribution is 2.24. The number of carbonyl (C=O) groups is 6. The van der Waals surface area contributed by atoms with Gasteiger partial charge in [-0.2, -0.15) is 0 Å². The number of hydrogen-bond donors (Lipinski definition) is 9. The van der Waals surface area contributed by atoms with Gasteiger partial charge in [-0.1, -0.05) is 30.7 Å². The third kappa shape index (κ3) is 21.3. The van der Waals surface area contributed by atoms with Gasteiger partial charge in [-0.25, -0.2) is 0 Å². The van der Waals surface area contributed by atoms with E-state index in [0.717, 1.165) is 24.0 Å². The molecule has 1 saturated heterocycles. The largest absolute Gasteiger partial charge is 0.486 e. The predicted octanol–water partition coefficient (Wildman–Crippen LogP) is 0.0874. The molecule has 3 rings (SSSR count). The highest BCUT2D eigenvalue weighted by Gasteiger charge is 2.42. The topological polar surface area (TPSA) is 295 Å². The molecular weight excluding hydrogens is 849 g/mol. The van der Waals surface area contributed by atoms with E-state index < -0.39 is 48.6 Å². The maximum absolute atomic E-state index is 12.8. The molecule has 1 aliphatic rings. The van der Waals surface area contributed by atoms with Crippen molar-refractivity contribution in [3.05, 3.63) is 54.1 Å². The van der Waals surface area contributed by atoms with Crippen LogP contribution < -0.4 is 37.1 Å². The van der Waals surface area contributed by atoms with Crippen molar-refractivity contribution < 1.29 is 69.2 Å². The summed E-state index contributed by atoms with van der Waals surface area (Å²) in [7, 11) is 1.65. The molecule has 0 bridgehead atoms. The lowest BCUT2D eigenvalue weighted by Gasteiger charge is -2.38. The Kier molecular flexibility index (Phi) is 26.0. The molecule has 65 heavy (non-hydrogen) atoms. The number of hydrogen-bond acceptors (Lipinski definition) is 16. The van der Waals surface area contributed by atoms with Gasteiger partial charge >= 0.3 is 0 Å². The summed E-state index contributed by atoms with van der Waals surface area (Å²) in [5.74, 6) is -1.23. The second-order valence-corrected chi connectivity index (χ2v) is 15.4. The van der Waals surface area contributed by atoms with Crippen molar-refractivity contribution in [1.29, 1.82) is 0 Å². The zero-order chi connectivity index (χ0) is 47.4. The lowest BCUT2D eigenvalue weighted by Crippen LogP contribution is -2.57. The number of rotatable bonds is 32. The minimum Gasteiger partial charge on any atom is -0.486 e. The Bertz CT molecular complexity index is 1780. The van der Waals surface area contributed by atoms with Gasteiger partial charge in [0.05, 0.1) is 38.6 Å². The highest BCUT2D eigenvalue weighted by molar-refractivity contribution is 5.98. The fourth-order valence-corrected chi connectivity index (χ4v) is 6.45. The van der Waals surface area contributed by atoms with Crippen LogP contribution in [0.2, 0.25) is 0 Å². The Labute approximate surface area is 381 Å². The number of unbranched alkanes of at least 4 members (excludes halogenated alkanes) is 1. The first-order valence-electron chi connectivity index (χ1n) is 22.2. The third-order valence-electron chi connectivity index (χ3n) is 10.2. The maximum atomic E-state index is 12.8. The number of amides is 5. The standard InChI is InChI=1S/C45H68N6O14.H2/c1-30-40(56)41(57)42(58)45(65-30)63-27-26-62-25-22-49-38(54)18-24-61-23-7-10-34(52)29-64-35-16-14-31(15-17-35)32-8-5-9-33(28-32)43(59)50-21-20-48-37(53)12-6-13-39(55)51-44(60)36(47-2)11-3-4-19-46;/h5,8-9,14-17,28,30,36,40-42,45,47,56-58H,3-4,6-7,10-13,18-27,29,46H2,1-2H3,(H,48,53)(H,49,54)(H,50,59)(H,51,55,60);1H/t30-,36-,40-,41+,42+,45+;/m0./s1. The van der Waals surface area contributed by atoms with Crippen molar-refractivity contribution in [1.82, 2.24) is 26.6 Å². The van der Waals surface area contributed by atoms with Crippen LogP contribution >= 0.6 is 0 Å². The van der Waals surface area contributed by atoms with Gasteiger partial charge in [0, 0.05) is 58.9 Å². The molecule has 1 heterocycles. The first-order chi connectivity index (χ1) is 31.3. The smallest absolute Gasteiger partial charge is 0.251 e. The summed E-state index contributed by atoms with van der Waals surface area (Å²) >= 11 is 0. The van der Waals surface area contributed by atoms with Gasteiger partial charge in [-0.05, 0) is 81.6 Å². The molecule has 1 fully saturated rings. The average Bonchev–Trinajstić information content (AvgIpc) is 3.30. The second-order valence-electron chi connectivity index (χ2n) is 15.4. The lowest BCUT2D eigenvalue weighted by atomic mass is 10.0. The zero-order valence-corrected chi connectivity index (χ0v) is 37.4. The van der Waals surface area contributed by atoms with E-state index in [1.807, 2.05) is 18.2 Å². The summed E-state index contributed by atoms with van der Waals surface area (Å²) in [5, 5.41) is 43.0. The van der Waals surface area contributed by atoms with E-state index in [-0.39, 0.29) is 110 Å². The van der Waals surface area contributed by atoms with E-state index >= 15 is 0 Å². The summed E-state index contributed by atoms with van der Waals surface area (Å²) in [5.41, 5.74) is 7.56. The first kappa shape index (κ1) is 54.4. The van der Waals surface area contributed by atoms with Crippen LogP contribution in [0.25, 0.3) is 11.1 Å². The molecule has 2 aromatic carbocycles. The fraction of sp³-hybridized carbons (Fsp3) is 0.600.